The fourth-order valence-electron chi connectivity index (χ4n) is 4.55. The van der Waals surface area contributed by atoms with Gasteiger partial charge in [0.15, 0.2) is 0 Å². The van der Waals surface area contributed by atoms with Gasteiger partial charge in [0.05, 0.1) is 0 Å². The molecule has 19 heavy (non-hydrogen) atoms. The second-order valence-electron chi connectivity index (χ2n) is 6.39. The van der Waals surface area contributed by atoms with Crippen molar-refractivity contribution in [1.29, 1.82) is 0 Å². The van der Waals surface area contributed by atoms with E-state index in [1.807, 2.05) is 0 Å². The van der Waals surface area contributed by atoms with Crippen LogP contribution < -0.4 is 0 Å². The molecule has 1 heterocycles. The van der Waals surface area contributed by atoms with E-state index in [1.54, 1.807) is 11.3 Å². The van der Waals surface area contributed by atoms with Crippen LogP contribution in [-0.4, -0.2) is 11.2 Å². The molecule has 0 unspecified atom stereocenters. The molecule has 1 aromatic heterocycles. The highest BCUT2D eigenvalue weighted by Gasteiger charge is 2.51. The number of nitrogens with one attached hydrogen (secondary N) is 1. The van der Waals surface area contributed by atoms with Crippen molar-refractivity contribution >= 4 is 22.7 Å². The van der Waals surface area contributed by atoms with Crippen molar-refractivity contribution in [3.63, 3.8) is 0 Å². The molecule has 1 aromatic carbocycles. The van der Waals surface area contributed by atoms with Crippen LogP contribution in [0.4, 0.5) is 0 Å². The van der Waals surface area contributed by atoms with Crippen LogP contribution in [0.2, 0.25) is 0 Å². The number of rotatable bonds is 1. The Hall–Kier alpha value is -0.890. The Labute approximate surface area is 119 Å². The van der Waals surface area contributed by atoms with Crippen LogP contribution in [0.5, 0.6) is 0 Å². The van der Waals surface area contributed by atoms with E-state index in [-0.39, 0.29) is 0 Å². The van der Waals surface area contributed by atoms with Gasteiger partial charge in [-0.25, -0.2) is 0 Å². The molecule has 0 bridgehead atoms. The molecule has 2 aliphatic carbocycles. The number of aromatic nitrogens is 1. The molecule has 3 atom stereocenters. The first-order valence-electron chi connectivity index (χ1n) is 7.39. The molecule has 4 rings (SSSR count). The van der Waals surface area contributed by atoms with Gasteiger partial charge in [-0.3, -0.25) is 0 Å². The van der Waals surface area contributed by atoms with Crippen molar-refractivity contribution in [2.45, 2.75) is 43.3 Å². The van der Waals surface area contributed by atoms with Crippen LogP contribution in [-0.2, 0) is 5.41 Å². The summed E-state index contributed by atoms with van der Waals surface area (Å²) in [5.41, 5.74) is 4.90. The van der Waals surface area contributed by atoms with Gasteiger partial charge in [0, 0.05) is 27.3 Å². The lowest BCUT2D eigenvalue weighted by atomic mass is 9.69. The molecule has 0 radical (unpaired) electrons. The molecule has 1 N–H and O–H groups in total. The summed E-state index contributed by atoms with van der Waals surface area (Å²) < 4.78 is 0. The first kappa shape index (κ1) is 11.9. The highest BCUT2D eigenvalue weighted by molar-refractivity contribution is 7.98. The lowest BCUT2D eigenvalue weighted by molar-refractivity contribution is 0.219. The van der Waals surface area contributed by atoms with Crippen molar-refractivity contribution in [3.8, 4) is 0 Å². The molecule has 2 heteroatoms. The van der Waals surface area contributed by atoms with Crippen molar-refractivity contribution < 1.29 is 0 Å². The van der Waals surface area contributed by atoms with Gasteiger partial charge in [-0.05, 0) is 36.6 Å². The van der Waals surface area contributed by atoms with Gasteiger partial charge in [-0.15, -0.1) is 0 Å². The van der Waals surface area contributed by atoms with Gasteiger partial charge in [0.1, 0.15) is 0 Å². The third-order valence-electron chi connectivity index (χ3n) is 5.50. The van der Waals surface area contributed by atoms with Crippen LogP contribution in [0.3, 0.4) is 0 Å². The molecule has 0 aliphatic heterocycles. The van der Waals surface area contributed by atoms with Crippen LogP contribution in [0.15, 0.2) is 24.3 Å². The van der Waals surface area contributed by atoms with Crippen LogP contribution in [0.1, 0.15) is 49.1 Å². The van der Waals surface area contributed by atoms with Gasteiger partial charge >= 0.3 is 0 Å². The largest absolute Gasteiger partial charge is 0.358 e. The summed E-state index contributed by atoms with van der Waals surface area (Å²) in [5.74, 6) is 0.835. The number of hydrogen-bond donors (Lipinski definition) is 1. The Morgan fingerprint density at radius 2 is 2.11 bits per heavy atom. The molecule has 1 fully saturated rings. The average molecular weight is 271 g/mol. The summed E-state index contributed by atoms with van der Waals surface area (Å²) in [5, 5.41) is 2.16. The zero-order valence-electron chi connectivity index (χ0n) is 11.7. The van der Waals surface area contributed by atoms with E-state index >= 15 is 0 Å². The summed E-state index contributed by atoms with van der Waals surface area (Å²) in [4.78, 5) is 3.77. The predicted octanol–water partition coefficient (Wildman–Crippen LogP) is 5.03. The van der Waals surface area contributed by atoms with Gasteiger partial charge in [-0.1, -0.05) is 38.0 Å². The highest BCUT2D eigenvalue weighted by Crippen LogP contribution is 2.61. The number of H-pyrrole nitrogens is 1. The first-order valence-corrected chi connectivity index (χ1v) is 8.68. The number of fused-ring (bicyclic) bond motifs is 5. The molecule has 0 amide bonds. The van der Waals surface area contributed by atoms with Crippen LogP contribution >= 0.6 is 11.8 Å². The zero-order valence-corrected chi connectivity index (χ0v) is 12.5. The molecule has 0 spiro atoms. The number of aromatic amines is 1. The van der Waals surface area contributed by atoms with Crippen molar-refractivity contribution in [2.24, 2.45) is 5.92 Å². The van der Waals surface area contributed by atoms with Crippen molar-refractivity contribution in [2.75, 3.05) is 6.26 Å². The summed E-state index contributed by atoms with van der Waals surface area (Å²) >= 11 is 2.06. The zero-order chi connectivity index (χ0) is 13.0. The lowest BCUT2D eigenvalue weighted by Crippen LogP contribution is -2.32. The van der Waals surface area contributed by atoms with Crippen molar-refractivity contribution in [1.82, 2.24) is 4.98 Å². The summed E-state index contributed by atoms with van der Waals surface area (Å²) in [6.45, 7) is 2.50. The Morgan fingerprint density at radius 3 is 2.95 bits per heavy atom. The highest BCUT2D eigenvalue weighted by atomic mass is 32.2. The van der Waals surface area contributed by atoms with E-state index in [9.17, 15) is 0 Å². The Kier molecular flexibility index (Phi) is 2.54. The summed E-state index contributed by atoms with van der Waals surface area (Å²) in [6.07, 6.45) is 7.85. The van der Waals surface area contributed by atoms with E-state index in [0.717, 1.165) is 5.92 Å². The summed E-state index contributed by atoms with van der Waals surface area (Å²) in [6, 6.07) is 8.85. The average Bonchev–Trinajstić information content (AvgIpc) is 2.92. The van der Waals surface area contributed by atoms with E-state index < -0.39 is 0 Å². The quantitative estimate of drug-likeness (QED) is 0.769. The van der Waals surface area contributed by atoms with Crippen LogP contribution in [0, 0.1) is 5.92 Å². The minimum Gasteiger partial charge on any atom is -0.358 e. The SMILES string of the molecule is CS[C@H]1c2c([nH]c3ccccc23)[C@]2(C)CCCC[C@@H]12. The fraction of sp³-hybridized carbons (Fsp3) is 0.529. The minimum absolute atomic E-state index is 0.389. The second kappa shape index (κ2) is 4.05. The van der Waals surface area contributed by atoms with Crippen molar-refractivity contribution in [3.05, 3.63) is 35.5 Å². The maximum absolute atomic E-state index is 3.77. The summed E-state index contributed by atoms with van der Waals surface area (Å²) in [7, 11) is 0. The second-order valence-corrected chi connectivity index (χ2v) is 7.36. The predicted molar refractivity (Wildman–Crippen MR) is 83.9 cm³/mol. The number of hydrogen-bond acceptors (Lipinski definition) is 1. The Balaban J connectivity index is 2.00. The smallest absolute Gasteiger partial charge is 0.0459 e. The number of benzene rings is 1. The molecule has 1 nitrogen and oxygen atoms in total. The van der Waals surface area contributed by atoms with E-state index in [4.69, 9.17) is 0 Å². The topological polar surface area (TPSA) is 15.8 Å². The van der Waals surface area contributed by atoms with E-state index in [1.165, 1.54) is 36.6 Å². The maximum Gasteiger partial charge on any atom is 0.0459 e. The Bertz CT molecular complexity index is 629. The van der Waals surface area contributed by atoms with Gasteiger partial charge in [-0.2, -0.15) is 11.8 Å². The van der Waals surface area contributed by atoms with E-state index in [0.29, 0.717) is 10.7 Å². The molecule has 1 saturated carbocycles. The van der Waals surface area contributed by atoms with Gasteiger partial charge in [0.2, 0.25) is 0 Å². The minimum atomic E-state index is 0.389. The van der Waals surface area contributed by atoms with Crippen LogP contribution in [0.25, 0.3) is 10.9 Å². The standard InChI is InChI=1S/C17H21NS/c1-17-10-6-5-8-12(17)15(19-2)14-11-7-3-4-9-13(11)18-16(14)17/h3-4,7,9,12,15,18H,5-6,8,10H2,1-2H3/t12-,15+,17+/m0/s1. The lowest BCUT2D eigenvalue weighted by Gasteiger charge is -2.38. The van der Waals surface area contributed by atoms with Gasteiger partial charge in [0.25, 0.3) is 0 Å². The van der Waals surface area contributed by atoms with Gasteiger partial charge < -0.3 is 4.98 Å². The maximum atomic E-state index is 3.77. The molecular weight excluding hydrogens is 250 g/mol. The normalized spacial score (nSPS) is 33.4. The third-order valence-corrected chi connectivity index (χ3v) is 6.57. The monoisotopic (exact) mass is 271 g/mol. The third kappa shape index (κ3) is 1.44. The number of para-hydroxylation sites is 1. The molecular formula is C17H21NS. The molecule has 100 valence electrons. The van der Waals surface area contributed by atoms with E-state index in [2.05, 4.69) is 54.2 Å². The first-order chi connectivity index (χ1) is 9.25. The molecule has 2 aliphatic rings. The Morgan fingerprint density at radius 1 is 1.26 bits per heavy atom. The fourth-order valence-corrected chi connectivity index (χ4v) is 5.79. The number of thioether (sulfide) groups is 1. The molecule has 0 saturated heterocycles. The molecule has 2 aromatic rings.